The highest BCUT2D eigenvalue weighted by Crippen LogP contribution is 2.79. The number of rotatable bonds is 12. The predicted octanol–water partition coefficient (Wildman–Crippen LogP) is 5.61. The van der Waals surface area contributed by atoms with E-state index >= 15 is 4.79 Å². The number of ketones is 2. The van der Waals surface area contributed by atoms with Gasteiger partial charge in [-0.3, -0.25) is 28.8 Å². The first-order valence-electron chi connectivity index (χ1n) is 19.6. The van der Waals surface area contributed by atoms with E-state index in [4.69, 9.17) is 23.7 Å². The molecule has 0 aromatic heterocycles. The van der Waals surface area contributed by atoms with Crippen molar-refractivity contribution in [3.63, 3.8) is 0 Å². The molecule has 0 aromatic carbocycles. The second kappa shape index (κ2) is 13.4. The molecular formula is C41H62O12. The van der Waals surface area contributed by atoms with Gasteiger partial charge in [0.15, 0.2) is 5.78 Å². The Hall–Kier alpha value is -2.86. The van der Waals surface area contributed by atoms with Gasteiger partial charge >= 0.3 is 23.9 Å². The van der Waals surface area contributed by atoms with E-state index in [0.29, 0.717) is 12.8 Å². The maximum atomic E-state index is 15.2. The maximum Gasteiger partial charge on any atom is 0.305 e. The number of fused-ring (bicyclic) bond motifs is 4. The number of Topliss-reactive ketones (excluding diaryl/α,β-unsaturated/α-hetero) is 2. The molecule has 12 heteroatoms. The number of hydrogen-bond acceptors (Lipinski definition) is 12. The molecule has 5 fully saturated rings. The van der Waals surface area contributed by atoms with Crippen LogP contribution in [0.3, 0.4) is 0 Å². The summed E-state index contributed by atoms with van der Waals surface area (Å²) in [6.45, 7) is 21.3. The third-order valence-corrected chi connectivity index (χ3v) is 14.8. The summed E-state index contributed by atoms with van der Waals surface area (Å²) in [4.78, 5) is 79.6. The lowest BCUT2D eigenvalue weighted by Gasteiger charge is -2.66. The van der Waals surface area contributed by atoms with Gasteiger partial charge in [0.2, 0.25) is 0 Å². The van der Waals surface area contributed by atoms with E-state index in [1.807, 2.05) is 27.7 Å². The van der Waals surface area contributed by atoms with Crippen LogP contribution in [0.25, 0.3) is 0 Å². The quantitative estimate of drug-likeness (QED) is 0.149. The summed E-state index contributed by atoms with van der Waals surface area (Å²) in [5.41, 5.74) is -7.29. The van der Waals surface area contributed by atoms with Crippen LogP contribution >= 0.6 is 0 Å². The van der Waals surface area contributed by atoms with Crippen molar-refractivity contribution in [1.29, 1.82) is 0 Å². The van der Waals surface area contributed by atoms with Gasteiger partial charge in [0.25, 0.3) is 0 Å². The minimum atomic E-state index is -2.00. The standard InChI is InChI=1S/C41H62O12/c1-13-30(45)49-23-18-26-39(11)25(19-29-41(26,53-29)36(7,8)34(23)51-32(47)15-3)37(9)20-24(50-31(46)14-2)33(38(37,10)21-28(39)44)40(12,48)27(43)16-17-35(5,6)52-22(4)42/h23-26,29,33-34,48H,13-21H2,1-12H3/t23-,24+,25-,26-,29+,33?,34+,37-,38+,39+,40-,41-/m0/s1. The minimum Gasteiger partial charge on any atom is -0.462 e. The summed E-state index contributed by atoms with van der Waals surface area (Å²) in [5, 5.41) is 12.4. The Morgan fingerprint density at radius 2 is 1.36 bits per heavy atom. The Bertz CT molecular complexity index is 1550. The van der Waals surface area contributed by atoms with E-state index in [0.717, 1.165) is 0 Å². The number of carbonyl (C=O) groups is 6. The third kappa shape index (κ3) is 6.16. The van der Waals surface area contributed by atoms with Crippen LogP contribution in [-0.2, 0) is 52.5 Å². The third-order valence-electron chi connectivity index (χ3n) is 14.8. The molecule has 1 spiro atoms. The first kappa shape index (κ1) is 41.3. The zero-order valence-corrected chi connectivity index (χ0v) is 33.8. The zero-order valence-electron chi connectivity index (χ0n) is 33.8. The summed E-state index contributed by atoms with van der Waals surface area (Å²) >= 11 is 0. The largest absolute Gasteiger partial charge is 0.462 e. The smallest absolute Gasteiger partial charge is 0.305 e. The lowest BCUT2D eigenvalue weighted by Crippen LogP contribution is -2.71. The van der Waals surface area contributed by atoms with Crippen molar-refractivity contribution in [2.24, 2.45) is 39.4 Å². The summed E-state index contributed by atoms with van der Waals surface area (Å²) < 4.78 is 30.4. The van der Waals surface area contributed by atoms with Crippen molar-refractivity contribution < 1.29 is 57.6 Å². The second-order valence-electron chi connectivity index (χ2n) is 18.5. The fourth-order valence-corrected chi connectivity index (χ4v) is 12.0. The van der Waals surface area contributed by atoms with Crippen LogP contribution in [0.4, 0.5) is 0 Å². The van der Waals surface area contributed by atoms with Crippen LogP contribution in [0.2, 0.25) is 0 Å². The summed E-state index contributed by atoms with van der Waals surface area (Å²) in [6.07, 6.45) is -1.22. The monoisotopic (exact) mass is 746 g/mol. The Kier molecular flexibility index (Phi) is 10.5. The van der Waals surface area contributed by atoms with E-state index in [1.54, 1.807) is 34.6 Å². The molecule has 1 aliphatic heterocycles. The highest BCUT2D eigenvalue weighted by atomic mass is 16.6. The number of aliphatic hydroxyl groups is 1. The van der Waals surface area contributed by atoms with E-state index in [2.05, 4.69) is 6.92 Å². The average molecular weight is 747 g/mol. The topological polar surface area (TPSA) is 172 Å². The molecule has 5 aliphatic rings. The average Bonchev–Trinajstić information content (AvgIpc) is 3.75. The molecule has 1 heterocycles. The number of carbonyl (C=O) groups excluding carboxylic acids is 6. The number of epoxide rings is 1. The van der Waals surface area contributed by atoms with Crippen LogP contribution < -0.4 is 0 Å². The minimum absolute atomic E-state index is 0.00898. The van der Waals surface area contributed by atoms with Crippen molar-refractivity contribution in [1.82, 2.24) is 0 Å². The summed E-state index contributed by atoms with van der Waals surface area (Å²) in [5.74, 6) is -3.96. The highest BCUT2D eigenvalue weighted by molar-refractivity contribution is 5.90. The van der Waals surface area contributed by atoms with E-state index in [1.165, 1.54) is 13.8 Å². The normalized spacial score (nSPS) is 40.6. The number of ether oxygens (including phenoxy) is 5. The van der Waals surface area contributed by atoms with Crippen molar-refractivity contribution in [3.8, 4) is 0 Å². The molecule has 1 saturated heterocycles. The van der Waals surface area contributed by atoms with Crippen LogP contribution in [0, 0.1) is 39.4 Å². The Balaban J connectivity index is 1.57. The Morgan fingerprint density at radius 3 is 1.91 bits per heavy atom. The Morgan fingerprint density at radius 1 is 0.811 bits per heavy atom. The first-order valence-corrected chi connectivity index (χ1v) is 19.6. The second-order valence-corrected chi connectivity index (χ2v) is 18.5. The fraction of sp³-hybridized carbons (Fsp3) is 0.854. The van der Waals surface area contributed by atoms with Gasteiger partial charge in [-0.1, -0.05) is 55.4 Å². The van der Waals surface area contributed by atoms with E-state index < -0.39 is 98.3 Å². The van der Waals surface area contributed by atoms with Gasteiger partial charge in [-0.15, -0.1) is 0 Å². The lowest BCUT2D eigenvalue weighted by molar-refractivity contribution is -0.227. The lowest BCUT2D eigenvalue weighted by atomic mass is 9.36. The number of hydrogen-bond donors (Lipinski definition) is 1. The molecule has 0 aromatic rings. The fourth-order valence-electron chi connectivity index (χ4n) is 12.0. The molecule has 1 N–H and O–H groups in total. The number of esters is 4. The van der Waals surface area contributed by atoms with Crippen molar-refractivity contribution in [2.75, 3.05) is 0 Å². The van der Waals surface area contributed by atoms with Gasteiger partial charge in [-0.05, 0) is 63.2 Å². The van der Waals surface area contributed by atoms with Gasteiger partial charge in [-0.25, -0.2) is 0 Å². The van der Waals surface area contributed by atoms with E-state index in [-0.39, 0.29) is 62.8 Å². The van der Waals surface area contributed by atoms with Crippen LogP contribution in [-0.4, -0.2) is 81.8 Å². The van der Waals surface area contributed by atoms with Crippen LogP contribution in [0.5, 0.6) is 0 Å². The molecule has 298 valence electrons. The first-order chi connectivity index (χ1) is 24.3. The molecular weight excluding hydrogens is 684 g/mol. The molecule has 53 heavy (non-hydrogen) atoms. The molecule has 4 aliphatic carbocycles. The molecule has 1 unspecified atom stereocenters. The molecule has 12 nitrogen and oxygen atoms in total. The van der Waals surface area contributed by atoms with Gasteiger partial charge < -0.3 is 28.8 Å². The molecule has 4 saturated carbocycles. The Labute approximate surface area is 314 Å². The van der Waals surface area contributed by atoms with Crippen molar-refractivity contribution >= 4 is 35.4 Å². The van der Waals surface area contributed by atoms with Crippen LogP contribution in [0.1, 0.15) is 141 Å². The zero-order chi connectivity index (χ0) is 39.9. The predicted molar refractivity (Wildman–Crippen MR) is 191 cm³/mol. The van der Waals surface area contributed by atoms with Gasteiger partial charge in [-0.2, -0.15) is 0 Å². The summed E-state index contributed by atoms with van der Waals surface area (Å²) in [6, 6.07) is 0. The summed E-state index contributed by atoms with van der Waals surface area (Å²) in [7, 11) is 0. The maximum absolute atomic E-state index is 15.2. The molecule has 0 bridgehead atoms. The molecule has 5 rings (SSSR count). The van der Waals surface area contributed by atoms with Gasteiger partial charge in [0, 0.05) is 61.7 Å². The van der Waals surface area contributed by atoms with Crippen LogP contribution in [0.15, 0.2) is 0 Å². The van der Waals surface area contributed by atoms with Crippen molar-refractivity contribution in [3.05, 3.63) is 0 Å². The SMILES string of the molecule is CCC(=O)O[C@H]1C[C@H]2[C@]3(C)C(=O)C[C@]4(C)C([C@@](C)(O)C(=O)CCC(C)(C)OC(C)=O)[C@H](OC(=O)CC)C[C@@]4(C)[C@@H]3C[C@H]3O[C@]32C(C)(C)[C@@H]1OC(=O)CC. The molecule has 0 amide bonds. The molecule has 0 radical (unpaired) electrons. The highest BCUT2D eigenvalue weighted by Gasteiger charge is 2.85. The van der Waals surface area contributed by atoms with Gasteiger partial charge in [0.05, 0.1) is 6.10 Å². The van der Waals surface area contributed by atoms with Gasteiger partial charge in [0.1, 0.15) is 40.9 Å². The van der Waals surface area contributed by atoms with Crippen molar-refractivity contribution in [2.45, 2.75) is 182 Å². The van der Waals surface area contributed by atoms with E-state index in [9.17, 15) is 29.1 Å². The molecule has 12 atom stereocenters.